The molecule has 0 atom stereocenters. The Labute approximate surface area is 130 Å². The monoisotopic (exact) mass is 403 g/mol. The smallest absolute Gasteiger partial charge is 0.312 e. The van der Waals surface area contributed by atoms with Crippen molar-refractivity contribution in [1.82, 2.24) is 4.98 Å². The quantitative estimate of drug-likeness (QED) is 0.610. The Balaban J connectivity index is 2.23. The molecule has 2 rings (SSSR count). The number of rotatable bonds is 4. The zero-order chi connectivity index (χ0) is 14.7. The third-order valence-electron chi connectivity index (χ3n) is 2.48. The lowest BCUT2D eigenvalue weighted by Crippen LogP contribution is -2.06. The van der Waals surface area contributed by atoms with Gasteiger partial charge in [-0.2, -0.15) is 0 Å². The molecule has 2 aromatic rings. The van der Waals surface area contributed by atoms with Crippen LogP contribution in [0.4, 0.5) is 15.9 Å². The zero-order valence-electron chi connectivity index (χ0n) is 9.94. The first-order valence-electron chi connectivity index (χ1n) is 5.45. The average Bonchev–Trinajstić information content (AvgIpc) is 2.40. The number of hydrogen-bond donors (Lipinski definition) is 1. The molecule has 1 aromatic heterocycles. The summed E-state index contributed by atoms with van der Waals surface area (Å²) in [6.07, 6.45) is 1.44. The number of aromatic nitrogens is 1. The molecule has 0 unspecified atom stereocenters. The predicted molar refractivity (Wildman–Crippen MR) is 80.0 cm³/mol. The van der Waals surface area contributed by atoms with Crippen molar-refractivity contribution >= 4 is 43.4 Å². The van der Waals surface area contributed by atoms with Crippen LogP contribution in [0.1, 0.15) is 5.56 Å². The van der Waals surface area contributed by atoms with E-state index in [1.54, 1.807) is 12.1 Å². The number of hydrogen-bond acceptors (Lipinski definition) is 4. The SMILES string of the molecule is O=[N+]([O-])c1cc(Br)cnc1NCc1cc(Br)ccc1F. The number of nitrogens with one attached hydrogen (secondary N) is 1. The van der Waals surface area contributed by atoms with E-state index >= 15 is 0 Å². The molecule has 0 saturated heterocycles. The minimum atomic E-state index is -0.544. The van der Waals surface area contributed by atoms with Crippen molar-refractivity contribution in [2.45, 2.75) is 6.54 Å². The highest BCUT2D eigenvalue weighted by molar-refractivity contribution is 9.10. The van der Waals surface area contributed by atoms with Crippen LogP contribution in [0.3, 0.4) is 0 Å². The fourth-order valence-corrected chi connectivity index (χ4v) is 2.29. The molecule has 104 valence electrons. The number of benzene rings is 1. The Bertz CT molecular complexity index is 667. The Kier molecular flexibility index (Phi) is 4.66. The van der Waals surface area contributed by atoms with Crippen LogP contribution in [0.5, 0.6) is 0 Å². The summed E-state index contributed by atoms with van der Waals surface area (Å²) in [4.78, 5) is 14.3. The van der Waals surface area contributed by atoms with E-state index in [0.717, 1.165) is 4.47 Å². The van der Waals surface area contributed by atoms with Crippen LogP contribution in [-0.2, 0) is 6.54 Å². The molecule has 0 bridgehead atoms. The first kappa shape index (κ1) is 14.9. The largest absolute Gasteiger partial charge is 0.360 e. The van der Waals surface area contributed by atoms with Crippen LogP contribution in [-0.4, -0.2) is 9.91 Å². The molecule has 20 heavy (non-hydrogen) atoms. The summed E-state index contributed by atoms with van der Waals surface area (Å²) in [5, 5.41) is 13.7. The van der Waals surface area contributed by atoms with Crippen molar-refractivity contribution in [1.29, 1.82) is 0 Å². The molecule has 0 radical (unpaired) electrons. The van der Waals surface area contributed by atoms with Gasteiger partial charge < -0.3 is 5.32 Å². The molecule has 5 nitrogen and oxygen atoms in total. The molecule has 0 saturated carbocycles. The van der Waals surface area contributed by atoms with Gasteiger partial charge in [0.15, 0.2) is 0 Å². The molecule has 0 amide bonds. The maximum Gasteiger partial charge on any atom is 0.312 e. The van der Waals surface area contributed by atoms with Crippen molar-refractivity contribution in [3.63, 3.8) is 0 Å². The van der Waals surface area contributed by atoms with Crippen molar-refractivity contribution in [2.75, 3.05) is 5.32 Å². The molecule has 1 N–H and O–H groups in total. The second-order valence-corrected chi connectivity index (χ2v) is 5.70. The number of halogens is 3. The molecule has 1 aromatic carbocycles. The molecule has 1 heterocycles. The van der Waals surface area contributed by atoms with Gasteiger partial charge in [-0.25, -0.2) is 9.37 Å². The van der Waals surface area contributed by atoms with Gasteiger partial charge in [-0.3, -0.25) is 10.1 Å². The zero-order valence-corrected chi connectivity index (χ0v) is 13.1. The lowest BCUT2D eigenvalue weighted by Gasteiger charge is -2.08. The summed E-state index contributed by atoms with van der Waals surface area (Å²) in [7, 11) is 0. The molecule has 0 aliphatic rings. The van der Waals surface area contributed by atoms with Gasteiger partial charge in [0.25, 0.3) is 0 Å². The normalized spacial score (nSPS) is 10.3. The number of pyridine rings is 1. The van der Waals surface area contributed by atoms with Crippen LogP contribution in [0.15, 0.2) is 39.4 Å². The fourth-order valence-electron chi connectivity index (χ4n) is 1.56. The second kappa shape index (κ2) is 6.27. The molecular formula is C12H8Br2FN3O2. The van der Waals surface area contributed by atoms with Crippen LogP contribution in [0.25, 0.3) is 0 Å². The Morgan fingerprint density at radius 3 is 2.75 bits per heavy atom. The maximum atomic E-state index is 13.6. The lowest BCUT2D eigenvalue weighted by molar-refractivity contribution is -0.384. The van der Waals surface area contributed by atoms with Gasteiger partial charge >= 0.3 is 5.69 Å². The minimum Gasteiger partial charge on any atom is -0.360 e. The minimum absolute atomic E-state index is 0.0950. The summed E-state index contributed by atoms with van der Waals surface area (Å²) in [5.74, 6) is -0.293. The summed E-state index contributed by atoms with van der Waals surface area (Å²) < 4.78 is 14.8. The number of anilines is 1. The summed E-state index contributed by atoms with van der Waals surface area (Å²) in [6.45, 7) is 0.0980. The Hall–Kier alpha value is -1.54. The van der Waals surface area contributed by atoms with Gasteiger partial charge in [0.2, 0.25) is 5.82 Å². The maximum absolute atomic E-state index is 13.6. The van der Waals surface area contributed by atoms with E-state index in [0.29, 0.717) is 10.0 Å². The van der Waals surface area contributed by atoms with Crippen LogP contribution >= 0.6 is 31.9 Å². The lowest BCUT2D eigenvalue weighted by atomic mass is 10.2. The highest BCUT2D eigenvalue weighted by atomic mass is 79.9. The summed E-state index contributed by atoms with van der Waals surface area (Å²) in [5.41, 5.74) is 0.216. The third-order valence-corrected chi connectivity index (χ3v) is 3.41. The van der Waals surface area contributed by atoms with Gasteiger partial charge in [0.1, 0.15) is 5.82 Å². The van der Waals surface area contributed by atoms with Crippen LogP contribution in [0.2, 0.25) is 0 Å². The fraction of sp³-hybridized carbons (Fsp3) is 0.0833. The topological polar surface area (TPSA) is 68.1 Å². The molecular weight excluding hydrogens is 397 g/mol. The molecule has 0 aliphatic carbocycles. The highest BCUT2D eigenvalue weighted by Crippen LogP contribution is 2.26. The third kappa shape index (κ3) is 3.51. The molecule has 0 aliphatic heterocycles. The Morgan fingerprint density at radius 1 is 1.30 bits per heavy atom. The molecule has 8 heteroatoms. The van der Waals surface area contributed by atoms with Gasteiger partial charge in [-0.15, -0.1) is 0 Å². The first-order valence-corrected chi connectivity index (χ1v) is 7.03. The van der Waals surface area contributed by atoms with Gasteiger partial charge in [0, 0.05) is 33.3 Å². The van der Waals surface area contributed by atoms with Gasteiger partial charge in [0.05, 0.1) is 4.92 Å². The van der Waals surface area contributed by atoms with Crippen LogP contribution < -0.4 is 5.32 Å². The van der Waals surface area contributed by atoms with Crippen molar-refractivity contribution < 1.29 is 9.31 Å². The Morgan fingerprint density at radius 2 is 2.05 bits per heavy atom. The van der Waals surface area contributed by atoms with Gasteiger partial charge in [-0.1, -0.05) is 15.9 Å². The number of nitro groups is 1. The van der Waals surface area contributed by atoms with Crippen molar-refractivity contribution in [3.8, 4) is 0 Å². The van der Waals surface area contributed by atoms with Crippen molar-refractivity contribution in [3.05, 3.63) is 60.9 Å². The highest BCUT2D eigenvalue weighted by Gasteiger charge is 2.16. The predicted octanol–water partition coefficient (Wildman–Crippen LogP) is 4.27. The van der Waals surface area contributed by atoms with E-state index in [-0.39, 0.29) is 23.9 Å². The summed E-state index contributed by atoms with van der Waals surface area (Å²) >= 11 is 6.37. The van der Waals surface area contributed by atoms with E-state index in [9.17, 15) is 14.5 Å². The number of nitrogens with zero attached hydrogens (tertiary/aromatic N) is 2. The van der Waals surface area contributed by atoms with E-state index in [1.807, 2.05) is 0 Å². The van der Waals surface area contributed by atoms with Crippen molar-refractivity contribution in [2.24, 2.45) is 0 Å². The molecule has 0 fully saturated rings. The summed E-state index contributed by atoms with van der Waals surface area (Å²) in [6, 6.07) is 5.85. The second-order valence-electron chi connectivity index (χ2n) is 3.87. The standard InChI is InChI=1S/C12H8Br2FN3O2/c13-8-1-2-10(15)7(3-8)5-16-12-11(18(19)20)4-9(14)6-17-12/h1-4,6H,5H2,(H,16,17). The molecule has 0 spiro atoms. The first-order chi connectivity index (χ1) is 9.47. The van der Waals surface area contributed by atoms with E-state index < -0.39 is 4.92 Å². The van der Waals surface area contributed by atoms with Gasteiger partial charge in [-0.05, 0) is 34.1 Å². The average molecular weight is 405 g/mol. The van der Waals surface area contributed by atoms with E-state index in [1.165, 1.54) is 18.3 Å². The van der Waals surface area contributed by atoms with E-state index in [2.05, 4.69) is 42.2 Å². The van der Waals surface area contributed by atoms with E-state index in [4.69, 9.17) is 0 Å². The van der Waals surface area contributed by atoms with Crippen LogP contribution in [0, 0.1) is 15.9 Å².